The highest BCUT2D eigenvalue weighted by Crippen LogP contribution is 2.42. The summed E-state index contributed by atoms with van der Waals surface area (Å²) in [5, 5.41) is 14.7. The monoisotopic (exact) mass is 541 g/mol. The van der Waals surface area contributed by atoms with Gasteiger partial charge in [-0.2, -0.15) is 5.26 Å². The zero-order valence-electron chi connectivity index (χ0n) is 21.8. The highest BCUT2D eigenvalue weighted by Gasteiger charge is 2.29. The molecule has 1 aliphatic carbocycles. The molecule has 1 N–H and O–H groups in total. The summed E-state index contributed by atoms with van der Waals surface area (Å²) in [6.07, 6.45) is 4.42. The minimum absolute atomic E-state index is 0.351. The predicted molar refractivity (Wildman–Crippen MR) is 160 cm³/mol. The molecule has 3 aromatic carbocycles. The summed E-state index contributed by atoms with van der Waals surface area (Å²) < 4.78 is 6.99. The topological polar surface area (TPSA) is 48.3 Å². The minimum atomic E-state index is 0.351. The molecule has 6 heteroatoms. The number of nitrogens with zero attached hydrogens (tertiary/aromatic N) is 2. The van der Waals surface area contributed by atoms with E-state index in [1.165, 1.54) is 4.70 Å². The van der Waals surface area contributed by atoms with Crippen LogP contribution in [0.2, 0.25) is 5.02 Å². The van der Waals surface area contributed by atoms with Crippen LogP contribution in [0.4, 0.5) is 0 Å². The van der Waals surface area contributed by atoms with Crippen LogP contribution in [-0.2, 0) is 6.54 Å². The molecule has 1 aromatic heterocycles. The number of nitriles is 1. The molecule has 5 rings (SSSR count). The largest absolute Gasteiger partial charge is 0.496 e. The Bertz CT molecular complexity index is 1500. The molecule has 194 valence electrons. The number of thiophene rings is 1. The van der Waals surface area contributed by atoms with Gasteiger partial charge in [-0.3, -0.25) is 0 Å². The summed E-state index contributed by atoms with van der Waals surface area (Å²) in [6, 6.07) is 25.4. The Kier molecular flexibility index (Phi) is 8.04. The van der Waals surface area contributed by atoms with Crippen LogP contribution < -0.4 is 10.1 Å². The van der Waals surface area contributed by atoms with Crippen molar-refractivity contribution < 1.29 is 4.74 Å². The zero-order chi connectivity index (χ0) is 26.6. The number of rotatable bonds is 8. The van der Waals surface area contributed by atoms with Gasteiger partial charge in [0.1, 0.15) is 5.75 Å². The highest BCUT2D eigenvalue weighted by molar-refractivity contribution is 7.20. The molecule has 0 saturated heterocycles. The first-order valence-corrected chi connectivity index (χ1v) is 14.2. The second-order valence-electron chi connectivity index (χ2n) is 9.83. The van der Waals surface area contributed by atoms with Crippen molar-refractivity contribution in [3.63, 3.8) is 0 Å². The second kappa shape index (κ2) is 11.6. The van der Waals surface area contributed by atoms with E-state index in [1.54, 1.807) is 18.4 Å². The van der Waals surface area contributed by atoms with Crippen LogP contribution in [0.1, 0.15) is 41.7 Å². The average molecular weight is 542 g/mol. The van der Waals surface area contributed by atoms with Crippen molar-refractivity contribution in [3.8, 4) is 22.9 Å². The van der Waals surface area contributed by atoms with Gasteiger partial charge in [-0.05, 0) is 74.2 Å². The summed E-state index contributed by atoms with van der Waals surface area (Å²) in [6.45, 7) is 5.27. The first-order valence-electron chi connectivity index (χ1n) is 13.0. The molecule has 0 unspecified atom stereocenters. The molecule has 4 aromatic rings. The Hall–Kier alpha value is -3.30. The van der Waals surface area contributed by atoms with Gasteiger partial charge in [0.2, 0.25) is 0 Å². The number of hydrogen-bond acceptors (Lipinski definition) is 5. The molecule has 0 spiro atoms. The maximum Gasteiger partial charge on any atom is 0.123 e. The van der Waals surface area contributed by atoms with Gasteiger partial charge in [0.05, 0.1) is 28.6 Å². The average Bonchev–Trinajstić information content (AvgIpc) is 3.31. The summed E-state index contributed by atoms with van der Waals surface area (Å²) in [4.78, 5) is 3.47. The predicted octanol–water partition coefficient (Wildman–Crippen LogP) is 8.11. The Labute approximate surface area is 234 Å². The molecule has 38 heavy (non-hydrogen) atoms. The minimum Gasteiger partial charge on any atom is -0.496 e. The zero-order valence-corrected chi connectivity index (χ0v) is 23.4. The van der Waals surface area contributed by atoms with Crippen molar-refractivity contribution in [1.82, 2.24) is 10.2 Å². The summed E-state index contributed by atoms with van der Waals surface area (Å²) in [5.74, 6) is 0.842. The van der Waals surface area contributed by atoms with E-state index in [4.69, 9.17) is 16.3 Å². The summed E-state index contributed by atoms with van der Waals surface area (Å²) in [5.41, 5.74) is 4.77. The van der Waals surface area contributed by atoms with Gasteiger partial charge in [0, 0.05) is 40.0 Å². The lowest BCUT2D eigenvalue weighted by molar-refractivity contribution is 0.203. The third-order valence-corrected chi connectivity index (χ3v) is 9.36. The normalized spacial score (nSPS) is 17.2. The molecule has 4 nitrogen and oxygen atoms in total. The van der Waals surface area contributed by atoms with Crippen molar-refractivity contribution in [3.05, 3.63) is 94.3 Å². The van der Waals surface area contributed by atoms with Gasteiger partial charge in [0.15, 0.2) is 0 Å². The number of nitrogens with one attached hydrogen (secondary N) is 1. The van der Waals surface area contributed by atoms with E-state index < -0.39 is 0 Å². The Balaban J connectivity index is 1.53. The lowest BCUT2D eigenvalue weighted by atomic mass is 9.89. The van der Waals surface area contributed by atoms with Gasteiger partial charge in [-0.25, -0.2) is 0 Å². The van der Waals surface area contributed by atoms with Crippen LogP contribution >= 0.6 is 22.9 Å². The Morgan fingerprint density at radius 1 is 1.08 bits per heavy atom. The number of hydrogen-bond donors (Lipinski definition) is 1. The molecule has 1 aliphatic rings. The van der Waals surface area contributed by atoms with E-state index >= 15 is 0 Å². The van der Waals surface area contributed by atoms with E-state index in [1.807, 2.05) is 36.4 Å². The molecule has 0 radical (unpaired) electrons. The maximum atomic E-state index is 9.39. The van der Waals surface area contributed by atoms with Crippen molar-refractivity contribution >= 4 is 38.7 Å². The van der Waals surface area contributed by atoms with Gasteiger partial charge in [-0.1, -0.05) is 54.6 Å². The molecule has 0 bridgehead atoms. The van der Waals surface area contributed by atoms with Crippen LogP contribution in [0.15, 0.2) is 73.3 Å². The standard InChI is InChI=1S/C32H32ClN3OS/c1-21(32-31(33)28-9-4-5-10-30(28)38-32)36(27-14-12-26(35-2)13-15-27)20-25-18-24(11-16-29(25)37-3)23-8-6-7-22(17-23)19-34/h4-11,16-18,26-27,35H,1,12-15,20H2,2-3H3/t26-,27-. The molecular formula is C32H32ClN3OS. The van der Waals surface area contributed by atoms with Gasteiger partial charge >= 0.3 is 0 Å². The van der Waals surface area contributed by atoms with Gasteiger partial charge in [0.25, 0.3) is 0 Å². The third kappa shape index (κ3) is 5.31. The SMILES string of the molecule is C=C(c1sc2ccccc2c1Cl)N(Cc1cc(-c2cccc(C#N)c2)ccc1OC)[C@H]1CC[C@H](NC)CC1. The number of benzene rings is 3. The van der Waals surface area contributed by atoms with Gasteiger partial charge in [-0.15, -0.1) is 11.3 Å². The summed E-state index contributed by atoms with van der Waals surface area (Å²) in [7, 11) is 3.77. The van der Waals surface area contributed by atoms with E-state index in [0.717, 1.165) is 69.1 Å². The van der Waals surface area contributed by atoms with Crippen molar-refractivity contribution in [2.45, 2.75) is 44.3 Å². The third-order valence-electron chi connectivity index (χ3n) is 7.64. The van der Waals surface area contributed by atoms with E-state index in [2.05, 4.69) is 60.2 Å². The second-order valence-corrected chi connectivity index (χ2v) is 11.3. The van der Waals surface area contributed by atoms with E-state index in [0.29, 0.717) is 24.2 Å². The van der Waals surface area contributed by atoms with Crippen LogP contribution in [0.5, 0.6) is 5.75 Å². The quantitative estimate of drug-likeness (QED) is 0.245. The van der Waals surface area contributed by atoms with Crippen LogP contribution in [0.25, 0.3) is 26.9 Å². The highest BCUT2D eigenvalue weighted by atomic mass is 35.5. The fraction of sp³-hybridized carbons (Fsp3) is 0.281. The lowest BCUT2D eigenvalue weighted by Crippen LogP contribution is -2.40. The van der Waals surface area contributed by atoms with Crippen molar-refractivity contribution in [2.24, 2.45) is 0 Å². The number of methoxy groups -OCH3 is 1. The Morgan fingerprint density at radius 2 is 1.84 bits per heavy atom. The Morgan fingerprint density at radius 3 is 2.55 bits per heavy atom. The first-order chi connectivity index (χ1) is 18.5. The fourth-order valence-corrected chi connectivity index (χ4v) is 7.01. The fourth-order valence-electron chi connectivity index (χ4n) is 5.48. The molecule has 1 saturated carbocycles. The first kappa shape index (κ1) is 26.3. The molecule has 1 fully saturated rings. The molecule has 0 amide bonds. The maximum absolute atomic E-state index is 9.39. The lowest BCUT2D eigenvalue weighted by Gasteiger charge is -2.39. The summed E-state index contributed by atoms with van der Waals surface area (Å²) >= 11 is 8.64. The van der Waals surface area contributed by atoms with Crippen LogP contribution in [-0.4, -0.2) is 31.1 Å². The van der Waals surface area contributed by atoms with E-state index in [9.17, 15) is 5.26 Å². The van der Waals surface area contributed by atoms with E-state index in [-0.39, 0.29) is 0 Å². The molecule has 0 atom stereocenters. The van der Waals surface area contributed by atoms with Gasteiger partial charge < -0.3 is 15.0 Å². The van der Waals surface area contributed by atoms with Crippen molar-refractivity contribution in [1.29, 1.82) is 5.26 Å². The molecule has 0 aliphatic heterocycles. The van der Waals surface area contributed by atoms with Crippen LogP contribution in [0, 0.1) is 11.3 Å². The number of halogens is 1. The number of fused-ring (bicyclic) bond motifs is 1. The molecular weight excluding hydrogens is 510 g/mol. The molecule has 1 heterocycles. The number of ether oxygens (including phenoxy) is 1. The van der Waals surface area contributed by atoms with Crippen molar-refractivity contribution in [2.75, 3.05) is 14.2 Å². The van der Waals surface area contributed by atoms with Crippen LogP contribution in [0.3, 0.4) is 0 Å². The smallest absolute Gasteiger partial charge is 0.123 e.